The SMILES string of the molecule is CC(C)=CCCC(C)=CCOC(O)C(=O)O. The zero-order chi connectivity index (χ0) is 12.6. The van der Waals surface area contributed by atoms with E-state index in [2.05, 4.69) is 10.8 Å². The number of ether oxygens (including phenoxy) is 1. The quantitative estimate of drug-likeness (QED) is 0.517. The average Bonchev–Trinajstić information content (AvgIpc) is 2.16. The number of allylic oxidation sites excluding steroid dienone is 3. The molecule has 0 heterocycles. The van der Waals surface area contributed by atoms with E-state index in [0.717, 1.165) is 18.4 Å². The molecule has 0 aromatic heterocycles. The van der Waals surface area contributed by atoms with Gasteiger partial charge in [0.15, 0.2) is 0 Å². The van der Waals surface area contributed by atoms with Crippen molar-refractivity contribution in [3.63, 3.8) is 0 Å². The molecule has 0 radical (unpaired) electrons. The summed E-state index contributed by atoms with van der Waals surface area (Å²) in [7, 11) is 0. The minimum atomic E-state index is -1.73. The van der Waals surface area contributed by atoms with Crippen molar-refractivity contribution in [2.45, 2.75) is 39.9 Å². The molecule has 2 N–H and O–H groups in total. The third-order valence-corrected chi connectivity index (χ3v) is 1.99. The molecule has 0 amide bonds. The summed E-state index contributed by atoms with van der Waals surface area (Å²) in [5.41, 5.74) is 2.40. The van der Waals surface area contributed by atoms with Gasteiger partial charge in [-0.05, 0) is 33.6 Å². The average molecular weight is 228 g/mol. The molecule has 0 saturated carbocycles. The van der Waals surface area contributed by atoms with Gasteiger partial charge < -0.3 is 14.9 Å². The van der Waals surface area contributed by atoms with Crippen molar-refractivity contribution in [1.82, 2.24) is 0 Å². The summed E-state index contributed by atoms with van der Waals surface area (Å²) < 4.78 is 4.67. The molecule has 0 aromatic rings. The Morgan fingerprint density at radius 3 is 2.44 bits per heavy atom. The highest BCUT2D eigenvalue weighted by molar-refractivity contribution is 5.70. The second-order valence-electron chi connectivity index (χ2n) is 3.89. The molecule has 0 saturated heterocycles. The molecule has 4 heteroatoms. The van der Waals surface area contributed by atoms with E-state index in [4.69, 9.17) is 10.2 Å². The molecule has 0 aromatic carbocycles. The molecule has 0 bridgehead atoms. The van der Waals surface area contributed by atoms with Crippen LogP contribution >= 0.6 is 0 Å². The Kier molecular flexibility index (Phi) is 7.50. The third kappa shape index (κ3) is 8.20. The van der Waals surface area contributed by atoms with Crippen LogP contribution in [0.3, 0.4) is 0 Å². The molecule has 1 unspecified atom stereocenters. The number of aliphatic hydroxyl groups is 1. The second kappa shape index (κ2) is 8.07. The van der Waals surface area contributed by atoms with Gasteiger partial charge in [0.1, 0.15) is 0 Å². The van der Waals surface area contributed by atoms with Crippen LogP contribution in [-0.4, -0.2) is 29.1 Å². The van der Waals surface area contributed by atoms with Crippen molar-refractivity contribution < 1.29 is 19.7 Å². The molecule has 0 aliphatic heterocycles. The minimum absolute atomic E-state index is 0.119. The van der Waals surface area contributed by atoms with Crippen LogP contribution in [0.1, 0.15) is 33.6 Å². The molecule has 1 atom stereocenters. The van der Waals surface area contributed by atoms with Crippen molar-refractivity contribution in [3.05, 3.63) is 23.3 Å². The molecule has 92 valence electrons. The van der Waals surface area contributed by atoms with Crippen LogP contribution in [0.5, 0.6) is 0 Å². The number of carbonyl (C=O) groups is 1. The molecule has 16 heavy (non-hydrogen) atoms. The van der Waals surface area contributed by atoms with Gasteiger partial charge in [-0.25, -0.2) is 4.79 Å². The zero-order valence-corrected chi connectivity index (χ0v) is 10.1. The molecule has 0 rings (SSSR count). The maximum Gasteiger partial charge on any atom is 0.360 e. The lowest BCUT2D eigenvalue weighted by molar-refractivity contribution is -0.174. The summed E-state index contributed by atoms with van der Waals surface area (Å²) in [6.45, 7) is 6.17. The lowest BCUT2D eigenvalue weighted by Crippen LogP contribution is -2.23. The number of aliphatic carboxylic acids is 1. The van der Waals surface area contributed by atoms with E-state index < -0.39 is 12.3 Å². The van der Waals surface area contributed by atoms with Gasteiger partial charge >= 0.3 is 5.97 Å². The first-order chi connectivity index (χ1) is 7.43. The standard InChI is InChI=1S/C12H20O4/c1-9(2)5-4-6-10(3)7-8-16-12(15)11(13)14/h5,7,12,15H,4,6,8H2,1-3H3,(H,13,14). The maximum absolute atomic E-state index is 10.2. The monoisotopic (exact) mass is 228 g/mol. The highest BCUT2D eigenvalue weighted by Crippen LogP contribution is 2.06. The fourth-order valence-corrected chi connectivity index (χ4v) is 1.04. The van der Waals surface area contributed by atoms with E-state index in [1.807, 2.05) is 20.8 Å². The Bertz CT molecular complexity index is 275. The highest BCUT2D eigenvalue weighted by Gasteiger charge is 2.11. The summed E-state index contributed by atoms with van der Waals surface area (Å²) in [6.07, 6.45) is 4.07. The van der Waals surface area contributed by atoms with Gasteiger partial charge in [0, 0.05) is 0 Å². The zero-order valence-electron chi connectivity index (χ0n) is 10.1. The minimum Gasteiger partial charge on any atom is -0.477 e. The molecule has 0 aliphatic rings. The first-order valence-corrected chi connectivity index (χ1v) is 5.25. The van der Waals surface area contributed by atoms with Crippen LogP contribution in [0.25, 0.3) is 0 Å². The fraction of sp³-hybridized carbons (Fsp3) is 0.583. The van der Waals surface area contributed by atoms with Crippen LogP contribution in [0.2, 0.25) is 0 Å². The van der Waals surface area contributed by atoms with Crippen LogP contribution in [0.4, 0.5) is 0 Å². The number of carboxylic acids is 1. The van der Waals surface area contributed by atoms with Gasteiger partial charge in [-0.15, -0.1) is 0 Å². The Labute approximate surface area is 96.2 Å². The molecular formula is C12H20O4. The lowest BCUT2D eigenvalue weighted by atomic mass is 10.1. The second-order valence-corrected chi connectivity index (χ2v) is 3.89. The van der Waals surface area contributed by atoms with E-state index >= 15 is 0 Å². The normalized spacial score (nSPS) is 13.4. The van der Waals surface area contributed by atoms with Gasteiger partial charge in [-0.3, -0.25) is 0 Å². The van der Waals surface area contributed by atoms with Gasteiger partial charge in [-0.1, -0.05) is 23.3 Å². The summed E-state index contributed by atoms with van der Waals surface area (Å²) in [5, 5.41) is 17.2. The third-order valence-electron chi connectivity index (χ3n) is 1.99. The van der Waals surface area contributed by atoms with Crippen molar-refractivity contribution >= 4 is 5.97 Å². The number of carboxylic acid groups (broad SMARTS) is 1. The summed E-state index contributed by atoms with van der Waals surface area (Å²) in [6, 6.07) is 0. The lowest BCUT2D eigenvalue weighted by Gasteiger charge is -2.05. The molecular weight excluding hydrogens is 208 g/mol. The molecule has 0 aliphatic carbocycles. The Morgan fingerprint density at radius 1 is 1.31 bits per heavy atom. The molecule has 4 nitrogen and oxygen atoms in total. The predicted molar refractivity (Wildman–Crippen MR) is 62.0 cm³/mol. The van der Waals surface area contributed by atoms with E-state index in [-0.39, 0.29) is 6.61 Å². The predicted octanol–water partition coefficient (Wildman–Crippen LogP) is 2.10. The molecule has 0 spiro atoms. The van der Waals surface area contributed by atoms with Crippen molar-refractivity contribution in [1.29, 1.82) is 0 Å². The van der Waals surface area contributed by atoms with Crippen molar-refractivity contribution in [2.24, 2.45) is 0 Å². The van der Waals surface area contributed by atoms with E-state index in [0.29, 0.717) is 0 Å². The smallest absolute Gasteiger partial charge is 0.360 e. The Morgan fingerprint density at radius 2 is 1.94 bits per heavy atom. The van der Waals surface area contributed by atoms with Gasteiger partial charge in [0.05, 0.1) is 6.61 Å². The first-order valence-electron chi connectivity index (χ1n) is 5.25. The maximum atomic E-state index is 10.2. The number of hydrogen-bond acceptors (Lipinski definition) is 3. The summed E-state index contributed by atoms with van der Waals surface area (Å²) in [5.74, 6) is -1.37. The first kappa shape index (κ1) is 14.9. The van der Waals surface area contributed by atoms with Gasteiger partial charge in [-0.2, -0.15) is 0 Å². The van der Waals surface area contributed by atoms with Gasteiger partial charge in [0.2, 0.25) is 0 Å². The van der Waals surface area contributed by atoms with Crippen LogP contribution < -0.4 is 0 Å². The Hall–Kier alpha value is -1.13. The van der Waals surface area contributed by atoms with Crippen molar-refractivity contribution in [2.75, 3.05) is 6.61 Å². The van der Waals surface area contributed by atoms with Crippen LogP contribution in [0.15, 0.2) is 23.3 Å². The van der Waals surface area contributed by atoms with Gasteiger partial charge in [0.25, 0.3) is 6.29 Å². The topological polar surface area (TPSA) is 66.8 Å². The van der Waals surface area contributed by atoms with Crippen LogP contribution in [-0.2, 0) is 9.53 Å². The number of hydrogen-bond donors (Lipinski definition) is 2. The van der Waals surface area contributed by atoms with E-state index in [9.17, 15) is 4.79 Å². The summed E-state index contributed by atoms with van der Waals surface area (Å²) in [4.78, 5) is 10.2. The number of aliphatic hydroxyl groups excluding tert-OH is 1. The van der Waals surface area contributed by atoms with Crippen molar-refractivity contribution in [3.8, 4) is 0 Å². The van der Waals surface area contributed by atoms with Crippen LogP contribution in [0, 0.1) is 0 Å². The number of rotatable bonds is 7. The summed E-state index contributed by atoms with van der Waals surface area (Å²) >= 11 is 0. The van der Waals surface area contributed by atoms with E-state index in [1.54, 1.807) is 6.08 Å². The Balaban J connectivity index is 3.79. The largest absolute Gasteiger partial charge is 0.477 e. The highest BCUT2D eigenvalue weighted by atomic mass is 16.6. The fourth-order valence-electron chi connectivity index (χ4n) is 1.04. The van der Waals surface area contributed by atoms with E-state index in [1.165, 1.54) is 5.57 Å². The molecule has 0 fully saturated rings.